The van der Waals surface area contributed by atoms with Gasteiger partial charge in [-0.3, -0.25) is 19.4 Å². The zero-order chi connectivity index (χ0) is 22.2. The van der Waals surface area contributed by atoms with Crippen LogP contribution < -0.4 is 19.9 Å². The van der Waals surface area contributed by atoms with Gasteiger partial charge in [-0.25, -0.2) is 4.79 Å². The minimum Gasteiger partial charge on any atom is -0.408 e. The number of anilines is 2. The van der Waals surface area contributed by atoms with Gasteiger partial charge in [0.05, 0.1) is 35.9 Å². The second kappa shape index (κ2) is 8.08. The third-order valence-electron chi connectivity index (χ3n) is 5.88. The molecule has 0 spiro atoms. The molecule has 1 aromatic carbocycles. The minimum absolute atomic E-state index is 0.0721. The number of aromatic nitrogens is 3. The Labute approximate surface area is 185 Å². The van der Waals surface area contributed by atoms with Gasteiger partial charge in [0.25, 0.3) is 0 Å². The third kappa shape index (κ3) is 3.60. The molecule has 32 heavy (non-hydrogen) atoms. The number of rotatable bonds is 3. The highest BCUT2D eigenvalue weighted by molar-refractivity contribution is 6.03. The van der Waals surface area contributed by atoms with Crippen molar-refractivity contribution in [2.75, 3.05) is 29.4 Å². The SMILES string of the molecule is CC(=O)N1c2ccc(-c3cnn(C4CNC4)c3)cc2N(C(=O)Oc2cccnc2)C[C@@H]1C. The van der Waals surface area contributed by atoms with Crippen LogP contribution in [0.3, 0.4) is 0 Å². The van der Waals surface area contributed by atoms with Gasteiger partial charge in [0.15, 0.2) is 5.75 Å². The van der Waals surface area contributed by atoms with Gasteiger partial charge in [0.1, 0.15) is 0 Å². The lowest BCUT2D eigenvalue weighted by atomic mass is 10.0. The van der Waals surface area contributed by atoms with Crippen LogP contribution in [0.15, 0.2) is 55.1 Å². The Balaban J connectivity index is 1.51. The largest absolute Gasteiger partial charge is 0.419 e. The summed E-state index contributed by atoms with van der Waals surface area (Å²) in [5, 5.41) is 7.74. The molecule has 0 saturated carbocycles. The van der Waals surface area contributed by atoms with Crippen molar-refractivity contribution in [1.82, 2.24) is 20.1 Å². The standard InChI is InChI=1S/C23H24N6O3/c1-15-13-27(23(31)32-20-4-3-7-24-12-20)22-8-17(5-6-21(22)29(15)16(2)30)18-9-26-28(14-18)19-10-25-11-19/h3-9,12,14-15,19,25H,10-11,13H2,1-2H3/t15-/m0/s1. The van der Waals surface area contributed by atoms with E-state index in [1.165, 1.54) is 13.1 Å². The molecule has 1 fully saturated rings. The van der Waals surface area contributed by atoms with Crippen molar-refractivity contribution < 1.29 is 14.3 Å². The zero-order valence-corrected chi connectivity index (χ0v) is 17.9. The van der Waals surface area contributed by atoms with Crippen molar-refractivity contribution in [3.8, 4) is 16.9 Å². The number of carbonyl (C=O) groups excluding carboxylic acids is 2. The summed E-state index contributed by atoms with van der Waals surface area (Å²) in [6, 6.07) is 9.32. The predicted octanol–water partition coefficient (Wildman–Crippen LogP) is 2.85. The van der Waals surface area contributed by atoms with Crippen LogP contribution in [0.25, 0.3) is 11.1 Å². The fraction of sp³-hybridized carbons (Fsp3) is 0.304. The number of pyridine rings is 1. The molecule has 3 aromatic rings. The molecule has 1 N–H and O–H groups in total. The maximum atomic E-state index is 13.1. The van der Waals surface area contributed by atoms with Crippen LogP contribution in [0.1, 0.15) is 19.9 Å². The molecule has 0 radical (unpaired) electrons. The first kappa shape index (κ1) is 20.2. The fourth-order valence-electron chi connectivity index (χ4n) is 4.17. The normalized spacial score (nSPS) is 18.1. The van der Waals surface area contributed by atoms with Crippen molar-refractivity contribution in [2.24, 2.45) is 0 Å². The van der Waals surface area contributed by atoms with Crippen LogP contribution in [0.5, 0.6) is 5.75 Å². The number of hydrogen-bond donors (Lipinski definition) is 1. The zero-order valence-electron chi connectivity index (χ0n) is 17.9. The Bertz CT molecular complexity index is 1160. The average Bonchev–Trinajstić information content (AvgIpc) is 3.21. The van der Waals surface area contributed by atoms with Crippen LogP contribution in [0.4, 0.5) is 16.2 Å². The molecule has 5 rings (SSSR count). The molecule has 2 amide bonds. The van der Waals surface area contributed by atoms with Crippen molar-refractivity contribution in [3.05, 3.63) is 55.1 Å². The first-order valence-electron chi connectivity index (χ1n) is 10.6. The van der Waals surface area contributed by atoms with E-state index in [-0.39, 0.29) is 11.9 Å². The van der Waals surface area contributed by atoms with E-state index in [0.717, 1.165) is 24.2 Å². The van der Waals surface area contributed by atoms with Crippen LogP contribution in [-0.4, -0.2) is 52.4 Å². The highest BCUT2D eigenvalue weighted by atomic mass is 16.6. The fourth-order valence-corrected chi connectivity index (χ4v) is 4.17. The van der Waals surface area contributed by atoms with E-state index >= 15 is 0 Å². The van der Waals surface area contributed by atoms with Gasteiger partial charge < -0.3 is 15.0 Å². The summed E-state index contributed by atoms with van der Waals surface area (Å²) in [6.07, 6.45) is 6.44. The molecular weight excluding hydrogens is 408 g/mol. The Morgan fingerprint density at radius 2 is 1.97 bits per heavy atom. The molecule has 1 atom stereocenters. The second-order valence-electron chi connectivity index (χ2n) is 8.13. The van der Waals surface area contributed by atoms with E-state index in [2.05, 4.69) is 15.4 Å². The number of nitrogens with one attached hydrogen (secondary N) is 1. The van der Waals surface area contributed by atoms with Crippen LogP contribution in [0, 0.1) is 0 Å². The van der Waals surface area contributed by atoms with Crippen molar-refractivity contribution in [1.29, 1.82) is 0 Å². The molecule has 9 nitrogen and oxygen atoms in total. The van der Waals surface area contributed by atoms with E-state index in [9.17, 15) is 9.59 Å². The molecule has 0 aliphatic carbocycles. The van der Waals surface area contributed by atoms with Crippen molar-refractivity contribution in [3.63, 3.8) is 0 Å². The van der Waals surface area contributed by atoms with Gasteiger partial charge in [0, 0.05) is 44.5 Å². The van der Waals surface area contributed by atoms with Gasteiger partial charge in [-0.05, 0) is 36.8 Å². The smallest absolute Gasteiger partial charge is 0.408 e. The number of carbonyl (C=O) groups is 2. The summed E-state index contributed by atoms with van der Waals surface area (Å²) in [5.41, 5.74) is 3.18. The maximum absolute atomic E-state index is 13.1. The lowest BCUT2D eigenvalue weighted by Gasteiger charge is -2.40. The van der Waals surface area contributed by atoms with E-state index in [4.69, 9.17) is 4.74 Å². The highest BCUT2D eigenvalue weighted by Gasteiger charge is 2.35. The van der Waals surface area contributed by atoms with Gasteiger partial charge in [-0.1, -0.05) is 6.07 Å². The number of nitrogens with zero attached hydrogens (tertiary/aromatic N) is 5. The second-order valence-corrected chi connectivity index (χ2v) is 8.13. The Hall–Kier alpha value is -3.72. The monoisotopic (exact) mass is 432 g/mol. The van der Waals surface area contributed by atoms with Crippen molar-refractivity contribution >= 4 is 23.4 Å². The molecule has 2 aromatic heterocycles. The number of hydrogen-bond acceptors (Lipinski definition) is 6. The Morgan fingerprint density at radius 3 is 2.66 bits per heavy atom. The molecule has 0 bridgehead atoms. The first-order valence-corrected chi connectivity index (χ1v) is 10.6. The molecule has 2 aliphatic heterocycles. The maximum Gasteiger partial charge on any atom is 0.419 e. The van der Waals surface area contributed by atoms with Crippen LogP contribution in [0.2, 0.25) is 0 Å². The van der Waals surface area contributed by atoms with Crippen LogP contribution in [-0.2, 0) is 4.79 Å². The van der Waals surface area contributed by atoms with E-state index in [1.807, 2.05) is 42.2 Å². The van der Waals surface area contributed by atoms with Gasteiger partial charge in [0.2, 0.25) is 5.91 Å². The molecule has 9 heteroatoms. The summed E-state index contributed by atoms with van der Waals surface area (Å²) in [6.45, 7) is 5.59. The number of benzene rings is 1. The van der Waals surface area contributed by atoms with E-state index < -0.39 is 6.09 Å². The molecule has 4 heterocycles. The third-order valence-corrected chi connectivity index (χ3v) is 5.88. The van der Waals surface area contributed by atoms with Crippen molar-refractivity contribution in [2.45, 2.75) is 25.9 Å². The lowest BCUT2D eigenvalue weighted by Crippen LogP contribution is -2.52. The minimum atomic E-state index is -0.511. The molecule has 1 saturated heterocycles. The highest BCUT2D eigenvalue weighted by Crippen LogP contribution is 2.39. The summed E-state index contributed by atoms with van der Waals surface area (Å²) in [4.78, 5) is 32.8. The predicted molar refractivity (Wildman–Crippen MR) is 120 cm³/mol. The molecule has 2 aliphatic rings. The summed E-state index contributed by atoms with van der Waals surface area (Å²) in [7, 11) is 0. The molecular formula is C23H24N6O3. The average molecular weight is 432 g/mol. The lowest BCUT2D eigenvalue weighted by molar-refractivity contribution is -0.117. The molecule has 164 valence electrons. The number of amides is 2. The Kier molecular flexibility index (Phi) is 5.10. The van der Waals surface area contributed by atoms with E-state index in [1.54, 1.807) is 28.1 Å². The van der Waals surface area contributed by atoms with Crippen LogP contribution >= 0.6 is 0 Å². The summed E-state index contributed by atoms with van der Waals surface area (Å²) >= 11 is 0. The number of fused-ring (bicyclic) bond motifs is 1. The number of ether oxygens (including phenoxy) is 1. The van der Waals surface area contributed by atoms with Gasteiger partial charge in [-0.15, -0.1) is 0 Å². The summed E-state index contributed by atoms with van der Waals surface area (Å²) in [5.74, 6) is 0.296. The van der Waals surface area contributed by atoms with E-state index in [0.29, 0.717) is 29.7 Å². The summed E-state index contributed by atoms with van der Waals surface area (Å²) < 4.78 is 7.52. The van der Waals surface area contributed by atoms with Gasteiger partial charge in [-0.2, -0.15) is 5.10 Å². The van der Waals surface area contributed by atoms with Gasteiger partial charge >= 0.3 is 6.09 Å². The quantitative estimate of drug-likeness (QED) is 0.684. The topological polar surface area (TPSA) is 92.6 Å². The molecule has 0 unspecified atom stereocenters. The Morgan fingerprint density at radius 1 is 1.12 bits per heavy atom. The first-order chi connectivity index (χ1) is 15.5.